The van der Waals surface area contributed by atoms with Gasteiger partial charge < -0.3 is 20.3 Å². The lowest BCUT2D eigenvalue weighted by molar-refractivity contribution is -0.145. The van der Waals surface area contributed by atoms with Crippen LogP contribution in [-0.2, 0) is 20.7 Å². The normalized spacial score (nSPS) is 15.7. The zero-order valence-corrected chi connectivity index (χ0v) is 25.3. The van der Waals surface area contributed by atoms with Crippen LogP contribution in [0.4, 0.5) is 4.79 Å². The summed E-state index contributed by atoms with van der Waals surface area (Å²) in [6.45, 7) is 13.2. The Kier molecular flexibility index (Phi) is 10.8. The van der Waals surface area contributed by atoms with Crippen LogP contribution >= 0.6 is 0 Å². The molecule has 218 valence electrons. The summed E-state index contributed by atoms with van der Waals surface area (Å²) in [6.07, 6.45) is 4.85. The number of hydrogen-bond donors (Lipinski definition) is 2. The van der Waals surface area contributed by atoms with Gasteiger partial charge in [-0.1, -0.05) is 67.8 Å². The van der Waals surface area contributed by atoms with Gasteiger partial charge in [0.1, 0.15) is 17.7 Å². The minimum absolute atomic E-state index is 0.0954. The van der Waals surface area contributed by atoms with Crippen molar-refractivity contribution >= 4 is 17.9 Å². The molecule has 1 aliphatic carbocycles. The van der Waals surface area contributed by atoms with Crippen LogP contribution in [0.3, 0.4) is 0 Å². The van der Waals surface area contributed by atoms with E-state index >= 15 is 0 Å². The number of benzene rings is 2. The molecule has 0 heterocycles. The van der Waals surface area contributed by atoms with Crippen molar-refractivity contribution in [1.29, 1.82) is 0 Å². The molecule has 0 aromatic heterocycles. The third-order valence-corrected chi connectivity index (χ3v) is 7.50. The first kappa shape index (κ1) is 31.2. The smallest absolute Gasteiger partial charge is 0.408 e. The minimum Gasteiger partial charge on any atom is -0.444 e. The maximum Gasteiger partial charge on any atom is 0.408 e. The fraction of sp³-hybridized carbons (Fsp3) is 0.545. The highest BCUT2D eigenvalue weighted by atomic mass is 16.6. The van der Waals surface area contributed by atoms with Crippen LogP contribution in [0.2, 0.25) is 0 Å². The van der Waals surface area contributed by atoms with E-state index in [1.165, 1.54) is 6.42 Å². The summed E-state index contributed by atoms with van der Waals surface area (Å²) in [5.41, 5.74) is 3.01. The van der Waals surface area contributed by atoms with Crippen LogP contribution in [0, 0.1) is 13.8 Å². The van der Waals surface area contributed by atoms with Crippen molar-refractivity contribution in [1.82, 2.24) is 15.5 Å². The molecule has 2 aromatic carbocycles. The lowest BCUT2D eigenvalue weighted by Gasteiger charge is -2.38. The summed E-state index contributed by atoms with van der Waals surface area (Å²) >= 11 is 0. The zero-order valence-electron chi connectivity index (χ0n) is 25.3. The molecule has 2 atom stereocenters. The monoisotopic (exact) mass is 549 g/mol. The average molecular weight is 550 g/mol. The van der Waals surface area contributed by atoms with Crippen LogP contribution in [0.25, 0.3) is 0 Å². The summed E-state index contributed by atoms with van der Waals surface area (Å²) in [6, 6.07) is 13.5. The van der Waals surface area contributed by atoms with Gasteiger partial charge in [-0.3, -0.25) is 9.59 Å². The Bertz CT molecular complexity index is 1150. The topological polar surface area (TPSA) is 87.7 Å². The lowest BCUT2D eigenvalue weighted by Crippen LogP contribution is -2.56. The quantitative estimate of drug-likeness (QED) is 0.392. The third kappa shape index (κ3) is 8.57. The molecule has 1 fully saturated rings. The molecule has 2 aromatic rings. The molecular formula is C33H47N3O4. The van der Waals surface area contributed by atoms with Gasteiger partial charge in [-0.05, 0) is 83.6 Å². The Hall–Kier alpha value is -3.35. The second-order valence-corrected chi connectivity index (χ2v) is 12.3. The molecule has 1 aliphatic rings. The number of rotatable bonds is 9. The van der Waals surface area contributed by atoms with Crippen molar-refractivity contribution in [2.75, 3.05) is 0 Å². The summed E-state index contributed by atoms with van der Waals surface area (Å²) in [5, 5.41) is 6.10. The van der Waals surface area contributed by atoms with Gasteiger partial charge in [-0.25, -0.2) is 4.79 Å². The van der Waals surface area contributed by atoms with Crippen LogP contribution in [-0.4, -0.2) is 46.5 Å². The molecule has 0 bridgehead atoms. The van der Waals surface area contributed by atoms with Gasteiger partial charge in [0.05, 0.1) is 0 Å². The number of ether oxygens (including phenoxy) is 1. The number of carbonyl (C=O) groups is 3. The Balaban J connectivity index is 2.03. The summed E-state index contributed by atoms with van der Waals surface area (Å²) < 4.78 is 5.52. The maximum atomic E-state index is 14.5. The Morgan fingerprint density at radius 3 is 2.20 bits per heavy atom. The molecule has 0 aliphatic heterocycles. The van der Waals surface area contributed by atoms with Gasteiger partial charge >= 0.3 is 6.09 Å². The molecule has 7 heteroatoms. The number of aryl methyl sites for hydroxylation is 1. The van der Waals surface area contributed by atoms with E-state index in [0.717, 1.165) is 47.9 Å². The van der Waals surface area contributed by atoms with Gasteiger partial charge in [0, 0.05) is 18.5 Å². The Morgan fingerprint density at radius 2 is 1.60 bits per heavy atom. The number of nitrogens with one attached hydrogen (secondary N) is 2. The molecule has 7 nitrogen and oxygen atoms in total. The van der Waals surface area contributed by atoms with Crippen molar-refractivity contribution in [3.8, 4) is 0 Å². The Morgan fingerprint density at radius 1 is 0.950 bits per heavy atom. The predicted molar refractivity (Wildman–Crippen MR) is 159 cm³/mol. The van der Waals surface area contributed by atoms with Crippen LogP contribution in [0.15, 0.2) is 48.5 Å². The minimum atomic E-state index is -0.922. The van der Waals surface area contributed by atoms with E-state index in [0.29, 0.717) is 0 Å². The zero-order chi connectivity index (χ0) is 29.4. The maximum absolute atomic E-state index is 14.5. The van der Waals surface area contributed by atoms with Crippen molar-refractivity contribution in [3.63, 3.8) is 0 Å². The number of hydrogen-bond acceptors (Lipinski definition) is 4. The first-order chi connectivity index (χ1) is 18.9. The van der Waals surface area contributed by atoms with E-state index in [1.54, 1.807) is 25.7 Å². The first-order valence-corrected chi connectivity index (χ1v) is 14.6. The number of amides is 3. The van der Waals surface area contributed by atoms with E-state index in [2.05, 4.69) is 10.6 Å². The molecule has 2 unspecified atom stereocenters. The van der Waals surface area contributed by atoms with Gasteiger partial charge in [0.15, 0.2) is 0 Å². The number of alkyl carbamates (subject to hydrolysis) is 1. The van der Waals surface area contributed by atoms with Crippen molar-refractivity contribution in [2.45, 2.75) is 117 Å². The van der Waals surface area contributed by atoms with Crippen LogP contribution in [0.5, 0.6) is 0 Å². The fourth-order valence-electron chi connectivity index (χ4n) is 5.37. The van der Waals surface area contributed by atoms with Crippen molar-refractivity contribution in [3.05, 3.63) is 70.8 Å². The van der Waals surface area contributed by atoms with E-state index in [9.17, 15) is 14.4 Å². The summed E-state index contributed by atoms with van der Waals surface area (Å²) in [7, 11) is 0. The van der Waals surface area contributed by atoms with Crippen molar-refractivity contribution in [2.24, 2.45) is 0 Å². The van der Waals surface area contributed by atoms with Gasteiger partial charge in [-0.2, -0.15) is 0 Å². The molecule has 3 rings (SSSR count). The predicted octanol–water partition coefficient (Wildman–Crippen LogP) is 6.17. The summed E-state index contributed by atoms with van der Waals surface area (Å²) in [5.74, 6) is -0.507. The van der Waals surface area contributed by atoms with E-state index in [4.69, 9.17) is 4.74 Å². The highest BCUT2D eigenvalue weighted by Crippen LogP contribution is 2.30. The highest BCUT2D eigenvalue weighted by Gasteiger charge is 2.39. The van der Waals surface area contributed by atoms with Gasteiger partial charge in [0.25, 0.3) is 0 Å². The molecular weight excluding hydrogens is 502 g/mol. The van der Waals surface area contributed by atoms with Gasteiger partial charge in [-0.15, -0.1) is 0 Å². The first-order valence-electron chi connectivity index (χ1n) is 14.6. The highest BCUT2D eigenvalue weighted by molar-refractivity contribution is 5.93. The Labute approximate surface area is 240 Å². The molecule has 0 spiro atoms. The van der Waals surface area contributed by atoms with E-state index < -0.39 is 23.8 Å². The molecule has 0 saturated heterocycles. The van der Waals surface area contributed by atoms with Crippen LogP contribution in [0.1, 0.15) is 95.0 Å². The summed E-state index contributed by atoms with van der Waals surface area (Å²) in [4.78, 5) is 43.1. The largest absolute Gasteiger partial charge is 0.444 e. The average Bonchev–Trinajstić information content (AvgIpc) is 2.88. The van der Waals surface area contributed by atoms with E-state index in [-0.39, 0.29) is 30.3 Å². The SMILES string of the molecule is Cc1cccc(C(C(=O)NC2CCCCC2)N(C(=O)C(Cc2ccccc2)NC(=O)OC(C)(C)C)C(C)C)c1C. The fourth-order valence-corrected chi connectivity index (χ4v) is 5.37. The second kappa shape index (κ2) is 13.8. The number of carbonyl (C=O) groups excluding carboxylic acids is 3. The lowest BCUT2D eigenvalue weighted by atomic mass is 9.92. The molecule has 40 heavy (non-hydrogen) atoms. The molecule has 2 N–H and O–H groups in total. The van der Waals surface area contributed by atoms with Crippen LogP contribution < -0.4 is 10.6 Å². The molecule has 3 amide bonds. The van der Waals surface area contributed by atoms with Crippen molar-refractivity contribution < 1.29 is 19.1 Å². The van der Waals surface area contributed by atoms with Gasteiger partial charge in [0.2, 0.25) is 11.8 Å². The third-order valence-electron chi connectivity index (χ3n) is 7.50. The molecule has 1 saturated carbocycles. The molecule has 0 radical (unpaired) electrons. The van der Waals surface area contributed by atoms with E-state index in [1.807, 2.05) is 76.2 Å². The number of nitrogens with zero attached hydrogens (tertiary/aromatic N) is 1. The standard InChI is InChI=1S/C33H47N3O4/c1-22(2)36(31(38)28(21-25-16-10-8-11-17-25)35-32(39)40-33(5,6)7)29(27-20-14-15-23(3)24(27)4)30(37)34-26-18-12-9-13-19-26/h8,10-11,14-17,20,22,26,28-29H,9,12-13,18-19,21H2,1-7H3,(H,34,37)(H,35,39). The second-order valence-electron chi connectivity index (χ2n) is 12.3.